The molecule has 1 aliphatic heterocycles. The topological polar surface area (TPSA) is 29.9 Å². The molecule has 0 amide bonds. The fraction of sp³-hybridized carbons (Fsp3) is 0.167. The van der Waals surface area contributed by atoms with E-state index in [0.29, 0.717) is 16.3 Å². The Hall–Kier alpha value is -2.40. The third-order valence-electron chi connectivity index (χ3n) is 4.30. The van der Waals surface area contributed by atoms with Crippen LogP contribution in [0.25, 0.3) is 16.9 Å². The van der Waals surface area contributed by atoms with Crippen LogP contribution in [0.2, 0.25) is 5.02 Å². The van der Waals surface area contributed by atoms with Crippen molar-refractivity contribution < 1.29 is 8.78 Å². The third kappa shape index (κ3) is 2.27. The van der Waals surface area contributed by atoms with Crippen LogP contribution in [0.3, 0.4) is 0 Å². The second-order valence-electron chi connectivity index (χ2n) is 5.77. The van der Waals surface area contributed by atoms with Crippen LogP contribution >= 0.6 is 11.6 Å². The quantitative estimate of drug-likeness (QED) is 0.726. The van der Waals surface area contributed by atoms with Gasteiger partial charge in [-0.1, -0.05) is 17.7 Å². The first-order valence-corrected chi connectivity index (χ1v) is 8.00. The number of anilines is 1. The molecule has 122 valence electrons. The first-order valence-electron chi connectivity index (χ1n) is 7.63. The van der Waals surface area contributed by atoms with Gasteiger partial charge in [0, 0.05) is 28.8 Å². The Labute approximate surface area is 142 Å². The van der Waals surface area contributed by atoms with Crippen LogP contribution < -0.4 is 5.32 Å². The predicted octanol–water partition coefficient (Wildman–Crippen LogP) is 4.75. The zero-order chi connectivity index (χ0) is 16.8. The summed E-state index contributed by atoms with van der Waals surface area (Å²) in [6.07, 6.45) is 0.737. The van der Waals surface area contributed by atoms with Gasteiger partial charge in [0.15, 0.2) is 0 Å². The maximum Gasteiger partial charge on any atom is 0.135 e. The van der Waals surface area contributed by atoms with Crippen molar-refractivity contribution in [2.75, 3.05) is 11.9 Å². The van der Waals surface area contributed by atoms with E-state index in [1.165, 1.54) is 12.1 Å². The van der Waals surface area contributed by atoms with Gasteiger partial charge in [0.1, 0.15) is 23.1 Å². The van der Waals surface area contributed by atoms with Crippen molar-refractivity contribution in [3.8, 4) is 16.9 Å². The maximum atomic E-state index is 14.2. The van der Waals surface area contributed by atoms with Gasteiger partial charge in [-0.15, -0.1) is 0 Å². The summed E-state index contributed by atoms with van der Waals surface area (Å²) < 4.78 is 29.2. The number of halogens is 3. The van der Waals surface area contributed by atoms with Crippen LogP contribution in [0.1, 0.15) is 11.1 Å². The average molecular weight is 346 g/mol. The second-order valence-corrected chi connectivity index (χ2v) is 6.18. The van der Waals surface area contributed by atoms with Crippen LogP contribution in [0.4, 0.5) is 14.6 Å². The van der Waals surface area contributed by atoms with Gasteiger partial charge in [-0.3, -0.25) is 0 Å². The van der Waals surface area contributed by atoms with E-state index in [4.69, 9.17) is 11.6 Å². The Morgan fingerprint density at radius 1 is 1.21 bits per heavy atom. The van der Waals surface area contributed by atoms with Gasteiger partial charge in [0.05, 0.1) is 5.69 Å². The number of rotatable bonds is 2. The Balaban J connectivity index is 1.94. The number of hydrogen-bond acceptors (Lipinski definition) is 2. The van der Waals surface area contributed by atoms with Gasteiger partial charge in [0.25, 0.3) is 0 Å². The molecule has 1 N–H and O–H groups in total. The molecule has 0 bridgehead atoms. The van der Waals surface area contributed by atoms with Gasteiger partial charge in [-0.2, -0.15) is 5.10 Å². The van der Waals surface area contributed by atoms with E-state index in [1.807, 2.05) is 25.1 Å². The minimum atomic E-state index is -0.614. The highest BCUT2D eigenvalue weighted by molar-refractivity contribution is 6.31. The molecule has 2 aromatic carbocycles. The molecule has 0 unspecified atom stereocenters. The number of aromatic nitrogens is 2. The van der Waals surface area contributed by atoms with Crippen LogP contribution in [-0.2, 0) is 6.42 Å². The zero-order valence-corrected chi connectivity index (χ0v) is 13.7. The minimum Gasteiger partial charge on any atom is -0.369 e. The lowest BCUT2D eigenvalue weighted by Crippen LogP contribution is -2.06. The van der Waals surface area contributed by atoms with Crippen molar-refractivity contribution in [1.29, 1.82) is 0 Å². The largest absolute Gasteiger partial charge is 0.369 e. The highest BCUT2D eigenvalue weighted by atomic mass is 35.5. The van der Waals surface area contributed by atoms with Crippen molar-refractivity contribution in [2.24, 2.45) is 0 Å². The molecule has 0 saturated heterocycles. The van der Waals surface area contributed by atoms with Crippen molar-refractivity contribution in [2.45, 2.75) is 13.3 Å². The first-order chi connectivity index (χ1) is 11.6. The predicted molar refractivity (Wildman–Crippen MR) is 90.9 cm³/mol. The molecule has 24 heavy (non-hydrogen) atoms. The molecule has 6 heteroatoms. The molecule has 3 nitrogen and oxygen atoms in total. The fourth-order valence-corrected chi connectivity index (χ4v) is 3.24. The van der Waals surface area contributed by atoms with Crippen LogP contribution in [-0.4, -0.2) is 16.3 Å². The summed E-state index contributed by atoms with van der Waals surface area (Å²) in [6.45, 7) is 2.67. The second kappa shape index (κ2) is 5.60. The summed E-state index contributed by atoms with van der Waals surface area (Å²) in [6, 6.07) is 9.15. The summed E-state index contributed by atoms with van der Waals surface area (Å²) in [5.74, 6) is -0.382. The Bertz CT molecular complexity index is 950. The third-order valence-corrected chi connectivity index (χ3v) is 4.71. The Morgan fingerprint density at radius 3 is 2.83 bits per heavy atom. The summed E-state index contributed by atoms with van der Waals surface area (Å²) in [5, 5.41) is 8.54. The van der Waals surface area contributed by atoms with Crippen molar-refractivity contribution in [1.82, 2.24) is 9.78 Å². The summed E-state index contributed by atoms with van der Waals surface area (Å²) in [7, 11) is 0. The highest BCUT2D eigenvalue weighted by Crippen LogP contribution is 2.37. The van der Waals surface area contributed by atoms with Crippen LogP contribution in [0.5, 0.6) is 0 Å². The molecule has 0 saturated carbocycles. The Morgan fingerprint density at radius 2 is 2.04 bits per heavy atom. The monoisotopic (exact) mass is 345 g/mol. The van der Waals surface area contributed by atoms with Crippen molar-refractivity contribution in [3.63, 3.8) is 0 Å². The van der Waals surface area contributed by atoms with E-state index in [-0.39, 0.29) is 0 Å². The highest BCUT2D eigenvalue weighted by Gasteiger charge is 2.26. The van der Waals surface area contributed by atoms with Crippen LogP contribution in [0.15, 0.2) is 36.4 Å². The lowest BCUT2D eigenvalue weighted by Gasteiger charge is -2.10. The molecule has 3 aromatic rings. The maximum absolute atomic E-state index is 14.2. The molecule has 1 aromatic heterocycles. The lowest BCUT2D eigenvalue weighted by atomic mass is 10.1. The standard InChI is InChI=1S/C18H14ClF2N3/c1-10-14(19)3-2-4-16(10)24-18-13(7-8-22-18)17(23-24)12-6-5-11(20)9-15(12)21/h2-6,9,22H,7-8H2,1H3. The van der Waals surface area contributed by atoms with E-state index in [2.05, 4.69) is 10.4 Å². The molecule has 1 aliphatic rings. The van der Waals surface area contributed by atoms with E-state index in [9.17, 15) is 8.78 Å². The molecular weight excluding hydrogens is 332 g/mol. The van der Waals surface area contributed by atoms with Crippen molar-refractivity contribution >= 4 is 17.4 Å². The molecular formula is C18H14ClF2N3. The normalized spacial score (nSPS) is 13.0. The molecule has 0 aliphatic carbocycles. The molecule has 2 heterocycles. The van der Waals surface area contributed by atoms with Gasteiger partial charge in [0.2, 0.25) is 0 Å². The summed E-state index contributed by atoms with van der Waals surface area (Å²) in [5.41, 5.74) is 3.49. The number of nitrogens with zero attached hydrogens (tertiary/aromatic N) is 2. The molecule has 0 radical (unpaired) electrons. The SMILES string of the molecule is Cc1c(Cl)cccc1-n1nc(-c2ccc(F)cc2F)c2c1NCC2. The summed E-state index contributed by atoms with van der Waals surface area (Å²) >= 11 is 6.22. The van der Waals surface area contributed by atoms with E-state index in [0.717, 1.165) is 41.7 Å². The number of nitrogens with one attached hydrogen (secondary N) is 1. The fourth-order valence-electron chi connectivity index (χ4n) is 3.07. The zero-order valence-electron chi connectivity index (χ0n) is 12.9. The van der Waals surface area contributed by atoms with Gasteiger partial charge >= 0.3 is 0 Å². The van der Waals surface area contributed by atoms with Gasteiger partial charge in [-0.05, 0) is 43.2 Å². The number of fused-ring (bicyclic) bond motifs is 1. The Kier molecular flexibility index (Phi) is 3.53. The first kappa shape index (κ1) is 15.1. The minimum absolute atomic E-state index is 0.301. The van der Waals surface area contributed by atoms with Gasteiger partial charge in [-0.25, -0.2) is 13.5 Å². The number of hydrogen-bond donors (Lipinski definition) is 1. The molecule has 0 atom stereocenters. The van der Waals surface area contributed by atoms with E-state index < -0.39 is 11.6 Å². The molecule has 4 rings (SSSR count). The smallest absolute Gasteiger partial charge is 0.135 e. The van der Waals surface area contributed by atoms with Crippen molar-refractivity contribution in [3.05, 3.63) is 64.2 Å². The average Bonchev–Trinajstić information content (AvgIpc) is 3.13. The number of benzene rings is 2. The van der Waals surface area contributed by atoms with E-state index >= 15 is 0 Å². The molecule has 0 fully saturated rings. The van der Waals surface area contributed by atoms with E-state index in [1.54, 1.807) is 4.68 Å². The van der Waals surface area contributed by atoms with Crippen LogP contribution in [0, 0.1) is 18.6 Å². The van der Waals surface area contributed by atoms with Gasteiger partial charge < -0.3 is 5.32 Å². The molecule has 0 spiro atoms. The summed E-state index contributed by atoms with van der Waals surface area (Å²) in [4.78, 5) is 0. The lowest BCUT2D eigenvalue weighted by molar-refractivity contribution is 0.585.